The second kappa shape index (κ2) is 9.20. The molecule has 1 fully saturated rings. The molecule has 2 aromatic rings. The summed E-state index contributed by atoms with van der Waals surface area (Å²) < 4.78 is 11.6. The molecule has 1 aromatic carbocycles. The predicted molar refractivity (Wildman–Crippen MR) is 111 cm³/mol. The Morgan fingerprint density at radius 2 is 1.97 bits per heavy atom. The van der Waals surface area contributed by atoms with Crippen molar-refractivity contribution in [2.24, 2.45) is 5.92 Å². The summed E-state index contributed by atoms with van der Waals surface area (Å²) in [5.74, 6) is -0.724. The second-order valence-corrected chi connectivity index (χ2v) is 8.35. The van der Waals surface area contributed by atoms with E-state index < -0.39 is 17.2 Å². The third-order valence-corrected chi connectivity index (χ3v) is 6.16. The highest BCUT2D eigenvalue weighted by molar-refractivity contribution is 6.30. The fourth-order valence-electron chi connectivity index (χ4n) is 4.34. The van der Waals surface area contributed by atoms with Gasteiger partial charge in [-0.2, -0.15) is 0 Å². The van der Waals surface area contributed by atoms with Gasteiger partial charge in [0.15, 0.2) is 5.75 Å². The number of pyridine rings is 1. The molecule has 8 nitrogen and oxygen atoms in total. The molecule has 1 aromatic heterocycles. The Kier molecular flexibility index (Phi) is 6.38. The summed E-state index contributed by atoms with van der Waals surface area (Å²) in [6.45, 7) is 1.96. The van der Waals surface area contributed by atoms with Crippen molar-refractivity contribution in [1.29, 1.82) is 0 Å². The second-order valence-electron chi connectivity index (χ2n) is 7.92. The van der Waals surface area contributed by atoms with Gasteiger partial charge in [-0.15, -0.1) is 10.1 Å². The topological polar surface area (TPSA) is 101 Å². The average Bonchev–Trinajstić information content (AvgIpc) is 3.19. The van der Waals surface area contributed by atoms with Crippen LogP contribution in [0.3, 0.4) is 0 Å². The average molecular weight is 447 g/mol. The van der Waals surface area contributed by atoms with E-state index in [4.69, 9.17) is 25.9 Å². The van der Waals surface area contributed by atoms with E-state index in [9.17, 15) is 14.9 Å². The van der Waals surface area contributed by atoms with Crippen LogP contribution in [0.25, 0.3) is 0 Å². The van der Waals surface area contributed by atoms with Crippen LogP contribution >= 0.6 is 11.6 Å². The number of carbonyl (C=O) groups excluding carboxylic acids is 1. The molecule has 31 heavy (non-hydrogen) atoms. The van der Waals surface area contributed by atoms with E-state index in [0.29, 0.717) is 29.1 Å². The number of halogens is 1. The van der Waals surface area contributed by atoms with Gasteiger partial charge in [0, 0.05) is 22.3 Å². The van der Waals surface area contributed by atoms with Crippen molar-refractivity contribution in [2.75, 3.05) is 0 Å². The molecule has 2 aliphatic rings. The summed E-state index contributed by atoms with van der Waals surface area (Å²) in [4.78, 5) is 33.1. The number of hydrogen-bond acceptors (Lipinski definition) is 7. The van der Waals surface area contributed by atoms with Gasteiger partial charge in [-0.25, -0.2) is 4.79 Å². The molecule has 0 saturated heterocycles. The fraction of sp³-hybridized carbons (Fsp3) is 0.455. The van der Waals surface area contributed by atoms with Gasteiger partial charge in [0.05, 0.1) is 12.3 Å². The third-order valence-electron chi connectivity index (χ3n) is 5.91. The van der Waals surface area contributed by atoms with Gasteiger partial charge >= 0.3 is 5.97 Å². The molecular formula is C22H23ClN2O6. The van der Waals surface area contributed by atoms with Crippen molar-refractivity contribution in [3.05, 3.63) is 68.0 Å². The zero-order valence-corrected chi connectivity index (χ0v) is 17.8. The summed E-state index contributed by atoms with van der Waals surface area (Å²) in [6.07, 6.45) is 4.36. The van der Waals surface area contributed by atoms with E-state index in [1.165, 1.54) is 0 Å². The first-order valence-electron chi connectivity index (χ1n) is 10.3. The van der Waals surface area contributed by atoms with Gasteiger partial charge in [-0.3, -0.25) is 9.82 Å². The van der Waals surface area contributed by atoms with Crippen LogP contribution in [0.5, 0.6) is 5.75 Å². The van der Waals surface area contributed by atoms with Crippen LogP contribution < -0.4 is 4.74 Å². The molecule has 2 heterocycles. The molecular weight excluding hydrogens is 424 g/mol. The van der Waals surface area contributed by atoms with Gasteiger partial charge < -0.3 is 9.47 Å². The number of hydrogen-bond donors (Lipinski definition) is 0. The molecule has 9 heteroatoms. The van der Waals surface area contributed by atoms with Crippen LogP contribution in [0.15, 0.2) is 30.5 Å². The van der Waals surface area contributed by atoms with E-state index in [0.717, 1.165) is 30.4 Å². The Morgan fingerprint density at radius 3 is 2.65 bits per heavy atom. The number of rotatable bonds is 6. The number of nitrogens with zero attached hydrogens (tertiary/aromatic N) is 2. The summed E-state index contributed by atoms with van der Waals surface area (Å²) in [6, 6.07) is 7.31. The molecule has 1 aliphatic heterocycles. The molecule has 1 aliphatic carbocycles. The molecule has 4 rings (SSSR count). The lowest BCUT2D eigenvalue weighted by molar-refractivity contribution is -0.766. The van der Waals surface area contributed by atoms with E-state index in [1.807, 2.05) is 12.1 Å². The smallest absolute Gasteiger partial charge is 0.341 e. The molecule has 0 spiro atoms. The van der Waals surface area contributed by atoms with Crippen molar-refractivity contribution >= 4 is 17.6 Å². The number of ether oxygens (including phenoxy) is 2. The predicted octanol–water partition coefficient (Wildman–Crippen LogP) is 4.73. The number of carbonyl (C=O) groups is 1. The molecule has 0 amide bonds. The molecule has 1 saturated carbocycles. The highest BCUT2D eigenvalue weighted by atomic mass is 35.5. The Balaban J connectivity index is 1.60. The van der Waals surface area contributed by atoms with Crippen molar-refractivity contribution < 1.29 is 24.2 Å². The maximum Gasteiger partial charge on any atom is 0.341 e. The van der Waals surface area contributed by atoms with Crippen molar-refractivity contribution in [3.63, 3.8) is 0 Å². The van der Waals surface area contributed by atoms with Crippen LogP contribution in [0.4, 0.5) is 0 Å². The van der Waals surface area contributed by atoms with E-state index in [-0.39, 0.29) is 24.4 Å². The van der Waals surface area contributed by atoms with Crippen LogP contribution in [0.1, 0.15) is 60.6 Å². The quantitative estimate of drug-likeness (QED) is 0.359. The maximum absolute atomic E-state index is 13.0. The first-order chi connectivity index (χ1) is 14.9. The molecule has 2 atom stereocenters. The minimum Gasteiger partial charge on any atom is -0.423 e. The van der Waals surface area contributed by atoms with Gasteiger partial charge in [0.25, 0.3) is 5.09 Å². The summed E-state index contributed by atoms with van der Waals surface area (Å²) in [7, 11) is 0. The van der Waals surface area contributed by atoms with E-state index >= 15 is 0 Å². The lowest BCUT2D eigenvalue weighted by Gasteiger charge is -2.27. The monoisotopic (exact) mass is 446 g/mol. The Labute approximate surface area is 184 Å². The molecule has 164 valence electrons. The van der Waals surface area contributed by atoms with E-state index in [1.54, 1.807) is 25.3 Å². The lowest BCUT2D eigenvalue weighted by atomic mass is 9.85. The van der Waals surface area contributed by atoms with Gasteiger partial charge in [-0.05, 0) is 43.4 Å². The minimum absolute atomic E-state index is 0.235. The first kappa shape index (κ1) is 21.5. The van der Waals surface area contributed by atoms with Crippen molar-refractivity contribution in [3.8, 4) is 5.75 Å². The normalized spacial score (nSPS) is 19.5. The highest BCUT2D eigenvalue weighted by Crippen LogP contribution is 2.41. The Morgan fingerprint density at radius 1 is 1.26 bits per heavy atom. The van der Waals surface area contributed by atoms with Crippen LogP contribution in [0, 0.1) is 23.0 Å². The Bertz CT molecular complexity index is 975. The highest BCUT2D eigenvalue weighted by Gasteiger charge is 2.36. The SMILES string of the molecule is Cc1ncc2c(c1OC(=O)[C@H](O[N+](=O)[O-])C1CCCCC1)COC2c1ccc(Cl)cc1. The summed E-state index contributed by atoms with van der Waals surface area (Å²) >= 11 is 5.98. The summed E-state index contributed by atoms with van der Waals surface area (Å²) in [5, 5.41) is 10.7. The maximum atomic E-state index is 13.0. The van der Waals surface area contributed by atoms with Crippen LogP contribution in [-0.4, -0.2) is 22.1 Å². The first-order valence-corrected chi connectivity index (χ1v) is 10.7. The zero-order valence-electron chi connectivity index (χ0n) is 17.1. The molecule has 0 radical (unpaired) electrons. The molecule has 0 N–H and O–H groups in total. The van der Waals surface area contributed by atoms with Crippen LogP contribution in [-0.2, 0) is 21.0 Å². The fourth-order valence-corrected chi connectivity index (χ4v) is 4.47. The largest absolute Gasteiger partial charge is 0.423 e. The number of aryl methyl sites for hydroxylation is 1. The standard InChI is InChI=1S/C22H23ClN2O6/c1-13-19(30-22(26)21(31-25(27)28)14-5-3-2-4-6-14)18-12-29-20(17(18)11-24-13)15-7-9-16(23)10-8-15/h7-11,14,20-21H,2-6,12H2,1H3/t20?,21-/m1/s1. The number of esters is 1. The van der Waals surface area contributed by atoms with Crippen molar-refractivity contribution in [1.82, 2.24) is 4.98 Å². The van der Waals surface area contributed by atoms with E-state index in [2.05, 4.69) is 4.98 Å². The lowest BCUT2D eigenvalue weighted by Crippen LogP contribution is -2.38. The van der Waals surface area contributed by atoms with Gasteiger partial charge in [0.1, 0.15) is 6.10 Å². The number of aromatic nitrogens is 1. The zero-order chi connectivity index (χ0) is 22.0. The van der Waals surface area contributed by atoms with Gasteiger partial charge in [0.2, 0.25) is 6.10 Å². The van der Waals surface area contributed by atoms with Crippen LogP contribution in [0.2, 0.25) is 5.02 Å². The number of fused-ring (bicyclic) bond motifs is 1. The number of benzene rings is 1. The molecule has 1 unspecified atom stereocenters. The molecule has 0 bridgehead atoms. The minimum atomic E-state index is -1.25. The van der Waals surface area contributed by atoms with Gasteiger partial charge in [-0.1, -0.05) is 43.0 Å². The Hall–Kier alpha value is -2.71. The summed E-state index contributed by atoms with van der Waals surface area (Å²) in [5.41, 5.74) is 2.92. The third kappa shape index (κ3) is 4.65. The van der Waals surface area contributed by atoms with Crippen molar-refractivity contribution in [2.45, 2.75) is 57.8 Å².